The molecule has 1 aliphatic heterocycles. The van der Waals surface area contributed by atoms with Crippen LogP contribution in [0.1, 0.15) is 5.56 Å². The van der Waals surface area contributed by atoms with Gasteiger partial charge in [0.25, 0.3) is 0 Å². The summed E-state index contributed by atoms with van der Waals surface area (Å²) in [5, 5.41) is 0. The first-order chi connectivity index (χ1) is 11.6. The molecule has 0 amide bonds. The monoisotopic (exact) mass is 349 g/mol. The summed E-state index contributed by atoms with van der Waals surface area (Å²) in [4.78, 5) is 0.166. The summed E-state index contributed by atoms with van der Waals surface area (Å²) in [6.07, 6.45) is 0. The van der Waals surface area contributed by atoms with Crippen LogP contribution in [-0.2, 0) is 16.6 Å². The molecule has 0 aliphatic carbocycles. The Kier molecular flexibility index (Phi) is 4.64. The summed E-state index contributed by atoms with van der Waals surface area (Å²) >= 11 is 0. The number of ether oxygens (including phenoxy) is 3. The highest BCUT2D eigenvalue weighted by Gasteiger charge is 2.28. The Hall–Kier alpha value is -2.25. The quantitative estimate of drug-likeness (QED) is 0.847. The fourth-order valence-corrected chi connectivity index (χ4v) is 4.05. The highest BCUT2D eigenvalue weighted by molar-refractivity contribution is 7.89. The van der Waals surface area contributed by atoms with Gasteiger partial charge in [-0.1, -0.05) is 18.2 Å². The molecule has 7 heteroatoms. The van der Waals surface area contributed by atoms with Gasteiger partial charge in [-0.25, -0.2) is 8.42 Å². The van der Waals surface area contributed by atoms with Gasteiger partial charge in [0.15, 0.2) is 11.5 Å². The Labute approximate surface area is 141 Å². The van der Waals surface area contributed by atoms with Crippen LogP contribution in [0, 0.1) is 0 Å². The molecule has 128 valence electrons. The lowest BCUT2D eigenvalue weighted by Gasteiger charge is -2.20. The van der Waals surface area contributed by atoms with E-state index in [9.17, 15) is 8.42 Å². The molecule has 0 fully saturated rings. The molecule has 0 aromatic heterocycles. The number of hydrogen-bond donors (Lipinski definition) is 0. The van der Waals surface area contributed by atoms with Crippen LogP contribution >= 0.6 is 0 Å². The summed E-state index contributed by atoms with van der Waals surface area (Å²) in [5.74, 6) is 1.59. The number of rotatable bonds is 4. The highest BCUT2D eigenvalue weighted by Crippen LogP contribution is 2.32. The van der Waals surface area contributed by atoms with Crippen molar-refractivity contribution >= 4 is 10.0 Å². The second-order valence-corrected chi connectivity index (χ2v) is 7.25. The molecule has 2 aromatic carbocycles. The van der Waals surface area contributed by atoms with Gasteiger partial charge in [0.1, 0.15) is 12.4 Å². The third-order valence-corrected chi connectivity index (χ3v) is 5.75. The standard InChI is InChI=1S/C17H19NO5S/c1-21-16-8-7-14(11-17(16)22-2)24(19,20)18-9-10-23-15-6-4-3-5-13(15)12-18/h3-8,11H,9-10,12H2,1-2H3. The number of para-hydroxylation sites is 1. The van der Waals surface area contributed by atoms with Crippen LogP contribution < -0.4 is 14.2 Å². The van der Waals surface area contributed by atoms with Crippen molar-refractivity contribution in [2.75, 3.05) is 27.4 Å². The fraction of sp³-hybridized carbons (Fsp3) is 0.294. The molecular weight excluding hydrogens is 330 g/mol. The van der Waals surface area contributed by atoms with Gasteiger partial charge >= 0.3 is 0 Å². The minimum absolute atomic E-state index is 0.166. The molecule has 2 aromatic rings. The number of fused-ring (bicyclic) bond motifs is 1. The molecule has 1 heterocycles. The lowest BCUT2D eigenvalue weighted by atomic mass is 10.2. The average Bonchev–Trinajstić information content (AvgIpc) is 2.83. The number of benzene rings is 2. The molecule has 0 N–H and O–H groups in total. The average molecular weight is 349 g/mol. The van der Waals surface area contributed by atoms with Crippen molar-refractivity contribution in [3.63, 3.8) is 0 Å². The van der Waals surface area contributed by atoms with Crippen molar-refractivity contribution in [2.45, 2.75) is 11.4 Å². The van der Waals surface area contributed by atoms with Crippen molar-refractivity contribution in [3.8, 4) is 17.2 Å². The Morgan fingerprint density at radius 2 is 1.79 bits per heavy atom. The third kappa shape index (κ3) is 3.05. The summed E-state index contributed by atoms with van der Waals surface area (Å²) in [7, 11) is -0.682. The van der Waals surface area contributed by atoms with Gasteiger partial charge in [-0.05, 0) is 18.2 Å². The van der Waals surface area contributed by atoms with Crippen LogP contribution in [-0.4, -0.2) is 40.1 Å². The maximum atomic E-state index is 13.0. The van der Waals surface area contributed by atoms with E-state index in [0.717, 1.165) is 11.3 Å². The van der Waals surface area contributed by atoms with Gasteiger partial charge in [-0.2, -0.15) is 4.31 Å². The molecule has 0 spiro atoms. The molecule has 3 rings (SSSR count). The normalized spacial score (nSPS) is 15.1. The van der Waals surface area contributed by atoms with Crippen LogP contribution in [0.4, 0.5) is 0 Å². The molecule has 0 radical (unpaired) electrons. The van der Waals surface area contributed by atoms with E-state index in [1.807, 2.05) is 24.3 Å². The van der Waals surface area contributed by atoms with Crippen molar-refractivity contribution in [2.24, 2.45) is 0 Å². The maximum Gasteiger partial charge on any atom is 0.243 e. The van der Waals surface area contributed by atoms with E-state index >= 15 is 0 Å². The SMILES string of the molecule is COc1ccc(S(=O)(=O)N2CCOc3ccccc3C2)cc1OC. The van der Waals surface area contributed by atoms with Crippen LogP contribution in [0.25, 0.3) is 0 Å². The topological polar surface area (TPSA) is 65.1 Å². The van der Waals surface area contributed by atoms with Crippen molar-refractivity contribution in [1.29, 1.82) is 0 Å². The summed E-state index contributed by atoms with van der Waals surface area (Å²) in [6, 6.07) is 12.1. The predicted octanol–water partition coefficient (Wildman–Crippen LogP) is 2.29. The van der Waals surface area contributed by atoms with Gasteiger partial charge in [0.2, 0.25) is 10.0 Å². The molecule has 1 aliphatic rings. The van der Waals surface area contributed by atoms with Crippen LogP contribution in [0.2, 0.25) is 0 Å². The lowest BCUT2D eigenvalue weighted by molar-refractivity contribution is 0.293. The van der Waals surface area contributed by atoms with Gasteiger partial charge in [0.05, 0.1) is 19.1 Å². The van der Waals surface area contributed by atoms with E-state index in [-0.39, 0.29) is 18.0 Å². The smallest absolute Gasteiger partial charge is 0.243 e. The van der Waals surface area contributed by atoms with Gasteiger partial charge in [-0.15, -0.1) is 0 Å². The van der Waals surface area contributed by atoms with Crippen LogP contribution in [0.15, 0.2) is 47.4 Å². The van der Waals surface area contributed by atoms with E-state index in [2.05, 4.69) is 0 Å². The first-order valence-electron chi connectivity index (χ1n) is 7.49. The molecule has 0 unspecified atom stereocenters. The molecule has 6 nitrogen and oxygen atoms in total. The van der Waals surface area contributed by atoms with Crippen LogP contribution in [0.5, 0.6) is 17.2 Å². The Morgan fingerprint density at radius 1 is 1.04 bits per heavy atom. The van der Waals surface area contributed by atoms with E-state index in [0.29, 0.717) is 18.1 Å². The van der Waals surface area contributed by atoms with E-state index in [1.54, 1.807) is 6.07 Å². The number of sulfonamides is 1. The second kappa shape index (κ2) is 6.70. The minimum atomic E-state index is -3.67. The minimum Gasteiger partial charge on any atom is -0.493 e. The lowest BCUT2D eigenvalue weighted by Crippen LogP contribution is -2.32. The molecule has 0 saturated carbocycles. The first-order valence-corrected chi connectivity index (χ1v) is 8.93. The van der Waals surface area contributed by atoms with E-state index in [1.165, 1.54) is 30.7 Å². The maximum absolute atomic E-state index is 13.0. The van der Waals surface area contributed by atoms with Crippen LogP contribution in [0.3, 0.4) is 0 Å². The largest absolute Gasteiger partial charge is 0.493 e. The van der Waals surface area contributed by atoms with E-state index < -0.39 is 10.0 Å². The zero-order chi connectivity index (χ0) is 17.2. The number of methoxy groups -OCH3 is 2. The zero-order valence-corrected chi connectivity index (χ0v) is 14.4. The van der Waals surface area contributed by atoms with Gasteiger partial charge in [0, 0.05) is 24.7 Å². The van der Waals surface area contributed by atoms with Crippen molar-refractivity contribution in [1.82, 2.24) is 4.31 Å². The summed E-state index contributed by atoms with van der Waals surface area (Å²) in [5.41, 5.74) is 0.846. The second-order valence-electron chi connectivity index (χ2n) is 5.31. The number of nitrogens with zero attached hydrogens (tertiary/aromatic N) is 1. The Bertz CT molecular complexity index is 835. The highest BCUT2D eigenvalue weighted by atomic mass is 32.2. The predicted molar refractivity (Wildman–Crippen MR) is 89.1 cm³/mol. The Balaban J connectivity index is 1.96. The van der Waals surface area contributed by atoms with Gasteiger partial charge in [-0.3, -0.25) is 0 Å². The van der Waals surface area contributed by atoms with Crippen molar-refractivity contribution in [3.05, 3.63) is 48.0 Å². The first kappa shape index (κ1) is 16.6. The third-order valence-electron chi connectivity index (χ3n) is 3.91. The zero-order valence-electron chi connectivity index (χ0n) is 13.6. The summed E-state index contributed by atoms with van der Waals surface area (Å²) < 4.78 is 43.4. The molecule has 0 bridgehead atoms. The molecule has 0 saturated heterocycles. The fourth-order valence-electron chi connectivity index (χ4n) is 2.63. The summed E-state index contributed by atoms with van der Waals surface area (Å²) in [6.45, 7) is 0.863. The molecular formula is C17H19NO5S. The molecule has 24 heavy (non-hydrogen) atoms. The van der Waals surface area contributed by atoms with E-state index in [4.69, 9.17) is 14.2 Å². The molecule has 0 atom stereocenters. The number of hydrogen-bond acceptors (Lipinski definition) is 5. The van der Waals surface area contributed by atoms with Gasteiger partial charge < -0.3 is 14.2 Å². The van der Waals surface area contributed by atoms with Crippen molar-refractivity contribution < 1.29 is 22.6 Å². The Morgan fingerprint density at radius 3 is 2.54 bits per heavy atom.